The molecule has 2 atom stereocenters. The summed E-state index contributed by atoms with van der Waals surface area (Å²) in [4.78, 5) is 36.0. The first-order valence-electron chi connectivity index (χ1n) is 11.0. The molecule has 3 amide bonds. The van der Waals surface area contributed by atoms with Gasteiger partial charge in [-0.25, -0.2) is 9.79 Å². The number of carbonyl (C=O) groups is 2. The highest BCUT2D eigenvalue weighted by Gasteiger charge is 2.52. The number of benzene rings is 1. The largest absolute Gasteiger partial charge is 0.508 e. The molecule has 2 fully saturated rings. The molecule has 0 radical (unpaired) electrons. The van der Waals surface area contributed by atoms with E-state index >= 15 is 0 Å². The highest BCUT2D eigenvalue weighted by molar-refractivity contribution is 6.03. The lowest BCUT2D eigenvalue weighted by molar-refractivity contribution is -0.137. The number of guanidine groups is 1. The Hall–Kier alpha value is -2.77. The van der Waals surface area contributed by atoms with Crippen molar-refractivity contribution in [1.82, 2.24) is 20.0 Å². The van der Waals surface area contributed by atoms with Gasteiger partial charge < -0.3 is 15.3 Å². The summed E-state index contributed by atoms with van der Waals surface area (Å²) in [6.07, 6.45) is 5.31. The summed E-state index contributed by atoms with van der Waals surface area (Å²) < 4.78 is 0. The molecule has 1 aromatic carbocycles. The third-order valence-corrected chi connectivity index (χ3v) is 6.34. The van der Waals surface area contributed by atoms with Crippen LogP contribution in [0.4, 0.5) is 4.79 Å². The molecule has 2 heterocycles. The topological polar surface area (TPSA) is 88.5 Å². The van der Waals surface area contributed by atoms with Gasteiger partial charge >= 0.3 is 6.03 Å². The molecule has 0 spiro atoms. The number of hydrogen-bond donors (Lipinski definition) is 2. The summed E-state index contributed by atoms with van der Waals surface area (Å²) in [6, 6.07) is 6.54. The van der Waals surface area contributed by atoms with Gasteiger partial charge in [-0.3, -0.25) is 14.6 Å². The first kappa shape index (κ1) is 20.5. The van der Waals surface area contributed by atoms with Crippen molar-refractivity contribution in [3.63, 3.8) is 0 Å². The summed E-state index contributed by atoms with van der Waals surface area (Å²) in [5.74, 6) is 0.712. The van der Waals surface area contributed by atoms with Crippen LogP contribution in [0.15, 0.2) is 29.3 Å². The van der Waals surface area contributed by atoms with E-state index in [1.165, 1.54) is 24.2 Å². The average molecular weight is 414 g/mol. The van der Waals surface area contributed by atoms with Crippen LogP contribution in [0.3, 0.4) is 0 Å². The highest BCUT2D eigenvalue weighted by atomic mass is 16.3. The van der Waals surface area contributed by atoms with Gasteiger partial charge in [0.2, 0.25) is 0 Å². The Bertz CT molecular complexity index is 819. The fourth-order valence-corrected chi connectivity index (χ4v) is 4.72. The van der Waals surface area contributed by atoms with E-state index in [0.29, 0.717) is 31.6 Å². The molecule has 162 valence electrons. The summed E-state index contributed by atoms with van der Waals surface area (Å²) in [5, 5.41) is 13.2. The quantitative estimate of drug-likeness (QED) is 0.774. The zero-order valence-corrected chi connectivity index (χ0v) is 17.8. The van der Waals surface area contributed by atoms with E-state index in [1.807, 2.05) is 30.9 Å². The Kier molecular flexibility index (Phi) is 5.83. The predicted octanol–water partition coefficient (Wildman–Crippen LogP) is 2.48. The summed E-state index contributed by atoms with van der Waals surface area (Å²) in [7, 11) is 0. The first-order valence-corrected chi connectivity index (χ1v) is 11.0. The lowest BCUT2D eigenvalue weighted by Gasteiger charge is -2.42. The minimum absolute atomic E-state index is 0.194. The number of hydrogen-bond acceptors (Lipinski definition) is 6. The molecule has 1 saturated heterocycles. The number of likely N-dealkylation sites (N-methyl/N-ethyl adjacent to an activating group) is 2. The monoisotopic (exact) mass is 413 g/mol. The van der Waals surface area contributed by atoms with E-state index in [4.69, 9.17) is 4.99 Å². The van der Waals surface area contributed by atoms with Crippen LogP contribution in [0.2, 0.25) is 0 Å². The van der Waals surface area contributed by atoms with Crippen molar-refractivity contribution in [2.24, 2.45) is 4.99 Å². The van der Waals surface area contributed by atoms with Crippen molar-refractivity contribution >= 4 is 17.9 Å². The highest BCUT2D eigenvalue weighted by Crippen LogP contribution is 2.30. The summed E-state index contributed by atoms with van der Waals surface area (Å²) >= 11 is 0. The molecule has 30 heavy (non-hydrogen) atoms. The van der Waals surface area contributed by atoms with Gasteiger partial charge in [-0.2, -0.15) is 0 Å². The summed E-state index contributed by atoms with van der Waals surface area (Å²) in [6.45, 7) is 5.07. The Morgan fingerprint density at radius 1 is 1.03 bits per heavy atom. The van der Waals surface area contributed by atoms with Gasteiger partial charge in [0.15, 0.2) is 18.2 Å². The van der Waals surface area contributed by atoms with Crippen LogP contribution in [-0.2, 0) is 11.3 Å². The maximum absolute atomic E-state index is 13.3. The van der Waals surface area contributed by atoms with Crippen LogP contribution >= 0.6 is 0 Å². The van der Waals surface area contributed by atoms with Crippen molar-refractivity contribution in [2.75, 3.05) is 13.1 Å². The Morgan fingerprint density at radius 3 is 2.37 bits per heavy atom. The molecule has 8 heteroatoms. The van der Waals surface area contributed by atoms with Gasteiger partial charge in [0.1, 0.15) is 5.75 Å². The molecule has 4 rings (SSSR count). The van der Waals surface area contributed by atoms with Gasteiger partial charge in [0.25, 0.3) is 5.91 Å². The smallest absolute Gasteiger partial charge is 0.328 e. The van der Waals surface area contributed by atoms with Crippen LogP contribution < -0.4 is 5.32 Å². The minimum atomic E-state index is -0.539. The predicted molar refractivity (Wildman–Crippen MR) is 114 cm³/mol. The third-order valence-electron chi connectivity index (χ3n) is 6.34. The Morgan fingerprint density at radius 2 is 1.73 bits per heavy atom. The minimum Gasteiger partial charge on any atom is -0.508 e. The number of aromatic hydroxyl groups is 1. The molecule has 1 aromatic rings. The number of carbonyl (C=O) groups excluding carboxylic acids is 2. The molecular formula is C22H31N5O3. The van der Waals surface area contributed by atoms with Crippen molar-refractivity contribution in [3.8, 4) is 5.75 Å². The number of nitrogens with zero attached hydrogens (tertiary/aromatic N) is 4. The second-order valence-electron chi connectivity index (χ2n) is 8.24. The summed E-state index contributed by atoms with van der Waals surface area (Å²) in [5.41, 5.74) is 0.974. The number of rotatable bonds is 5. The van der Waals surface area contributed by atoms with Crippen molar-refractivity contribution in [3.05, 3.63) is 29.8 Å². The number of amides is 3. The SMILES string of the molecule is CCN1C(=O)C2C(N=C(NC3CCCCC3)N2Cc2ccc(O)cc2)N(CC)C1=O. The fourth-order valence-electron chi connectivity index (χ4n) is 4.72. The van der Waals surface area contributed by atoms with E-state index in [-0.39, 0.29) is 17.7 Å². The third kappa shape index (κ3) is 3.70. The number of nitrogens with one attached hydrogen (secondary N) is 1. The number of aliphatic imine (C=N–C) groups is 1. The molecule has 1 aliphatic carbocycles. The standard InChI is InChI=1S/C22H31N5O3/c1-3-25-19-18(20(29)26(4-2)22(25)30)27(14-15-10-12-17(28)13-11-15)21(24-19)23-16-8-6-5-7-9-16/h10-13,16,18-19,28H,3-9,14H2,1-2H3,(H,23,24). The second kappa shape index (κ2) is 8.53. The van der Waals surface area contributed by atoms with Gasteiger partial charge in [-0.15, -0.1) is 0 Å². The van der Waals surface area contributed by atoms with Crippen LogP contribution in [0.5, 0.6) is 5.75 Å². The van der Waals surface area contributed by atoms with Gasteiger partial charge in [0, 0.05) is 25.7 Å². The number of fused-ring (bicyclic) bond motifs is 1. The van der Waals surface area contributed by atoms with Crippen molar-refractivity contribution in [2.45, 2.75) is 70.7 Å². The van der Waals surface area contributed by atoms with Gasteiger partial charge in [0.05, 0.1) is 0 Å². The number of imide groups is 1. The molecular weight excluding hydrogens is 382 g/mol. The number of phenolic OH excluding ortho intramolecular Hbond substituents is 1. The molecule has 8 nitrogen and oxygen atoms in total. The second-order valence-corrected chi connectivity index (χ2v) is 8.24. The number of urea groups is 1. The Labute approximate surface area is 177 Å². The lowest BCUT2D eigenvalue weighted by atomic mass is 9.96. The lowest BCUT2D eigenvalue weighted by Crippen LogP contribution is -2.66. The van der Waals surface area contributed by atoms with Crippen LogP contribution in [0.25, 0.3) is 0 Å². The van der Waals surface area contributed by atoms with E-state index in [9.17, 15) is 14.7 Å². The maximum Gasteiger partial charge on any atom is 0.328 e. The van der Waals surface area contributed by atoms with Crippen molar-refractivity contribution < 1.29 is 14.7 Å². The number of phenols is 1. The average Bonchev–Trinajstić information content (AvgIpc) is 3.09. The van der Waals surface area contributed by atoms with Crippen LogP contribution in [-0.4, -0.2) is 69.0 Å². The normalized spacial score (nSPS) is 24.9. The first-order chi connectivity index (χ1) is 14.5. The van der Waals surface area contributed by atoms with Crippen LogP contribution in [0.1, 0.15) is 51.5 Å². The molecule has 0 aromatic heterocycles. The molecule has 3 aliphatic rings. The molecule has 2 aliphatic heterocycles. The van der Waals surface area contributed by atoms with Crippen molar-refractivity contribution in [1.29, 1.82) is 0 Å². The van der Waals surface area contributed by atoms with E-state index in [2.05, 4.69) is 5.32 Å². The molecule has 2 N–H and O–H groups in total. The maximum atomic E-state index is 13.3. The zero-order valence-electron chi connectivity index (χ0n) is 17.8. The fraction of sp³-hybridized carbons (Fsp3) is 0.591. The van der Waals surface area contributed by atoms with Gasteiger partial charge in [-0.1, -0.05) is 31.4 Å². The van der Waals surface area contributed by atoms with E-state index in [1.54, 1.807) is 17.0 Å². The van der Waals surface area contributed by atoms with E-state index in [0.717, 1.165) is 18.4 Å². The molecule has 0 bridgehead atoms. The van der Waals surface area contributed by atoms with E-state index < -0.39 is 12.2 Å². The van der Waals surface area contributed by atoms with Gasteiger partial charge in [-0.05, 0) is 44.4 Å². The molecule has 1 saturated carbocycles. The zero-order chi connectivity index (χ0) is 21.3. The Balaban J connectivity index is 1.66. The molecule has 2 unspecified atom stereocenters. The van der Waals surface area contributed by atoms with Crippen LogP contribution in [0, 0.1) is 0 Å².